The molecule has 0 saturated carbocycles. The standard InChI is InChI=1S/C14H14N2O5S/c1-3-13-15-9(8-22-13)7-21-14(17)11-6-10(16(18)19)4-5-12(11)20-2/h4-6,8H,3,7H2,1-2H3. The number of carbonyl (C=O) groups excluding carboxylic acids is 1. The van der Waals surface area contributed by atoms with E-state index >= 15 is 0 Å². The fourth-order valence-corrected chi connectivity index (χ4v) is 2.49. The molecule has 0 bridgehead atoms. The smallest absolute Gasteiger partial charge is 0.342 e. The van der Waals surface area contributed by atoms with Crippen LogP contribution in [0.1, 0.15) is 28.0 Å². The van der Waals surface area contributed by atoms with Gasteiger partial charge < -0.3 is 9.47 Å². The number of esters is 1. The Kier molecular flexibility index (Phi) is 5.05. The molecule has 0 aliphatic heterocycles. The second-order valence-electron chi connectivity index (χ2n) is 4.30. The van der Waals surface area contributed by atoms with Crippen LogP contribution in [0.15, 0.2) is 23.6 Å². The van der Waals surface area contributed by atoms with Gasteiger partial charge in [0.2, 0.25) is 0 Å². The number of hydrogen-bond donors (Lipinski definition) is 0. The van der Waals surface area contributed by atoms with Crippen molar-refractivity contribution in [2.75, 3.05) is 7.11 Å². The van der Waals surface area contributed by atoms with Gasteiger partial charge in [-0.25, -0.2) is 9.78 Å². The van der Waals surface area contributed by atoms with Crippen LogP contribution in [-0.4, -0.2) is 23.0 Å². The zero-order valence-corrected chi connectivity index (χ0v) is 12.9. The summed E-state index contributed by atoms with van der Waals surface area (Å²) in [5.74, 6) is -0.463. The largest absolute Gasteiger partial charge is 0.496 e. The maximum Gasteiger partial charge on any atom is 0.342 e. The lowest BCUT2D eigenvalue weighted by molar-refractivity contribution is -0.384. The Morgan fingerprint density at radius 3 is 2.82 bits per heavy atom. The maximum atomic E-state index is 12.1. The lowest BCUT2D eigenvalue weighted by Crippen LogP contribution is -2.08. The summed E-state index contributed by atoms with van der Waals surface area (Å²) in [6.45, 7) is 2.00. The summed E-state index contributed by atoms with van der Waals surface area (Å²) >= 11 is 1.49. The molecule has 116 valence electrons. The molecular formula is C14H14N2O5S. The van der Waals surface area contributed by atoms with Crippen LogP contribution in [-0.2, 0) is 17.8 Å². The molecule has 0 spiro atoms. The topological polar surface area (TPSA) is 91.6 Å². The monoisotopic (exact) mass is 322 g/mol. The molecule has 7 nitrogen and oxygen atoms in total. The number of non-ortho nitro benzene ring substituents is 1. The minimum atomic E-state index is -0.688. The van der Waals surface area contributed by atoms with Crippen molar-refractivity contribution in [3.63, 3.8) is 0 Å². The minimum Gasteiger partial charge on any atom is -0.496 e. The third kappa shape index (κ3) is 3.59. The number of nitro benzene ring substituents is 1. The summed E-state index contributed by atoms with van der Waals surface area (Å²) in [4.78, 5) is 26.6. The summed E-state index contributed by atoms with van der Waals surface area (Å²) in [5, 5.41) is 13.6. The zero-order valence-electron chi connectivity index (χ0n) is 12.1. The van der Waals surface area contributed by atoms with E-state index in [2.05, 4.69) is 4.98 Å². The van der Waals surface area contributed by atoms with Gasteiger partial charge in [-0.2, -0.15) is 0 Å². The van der Waals surface area contributed by atoms with Crippen molar-refractivity contribution in [2.24, 2.45) is 0 Å². The maximum absolute atomic E-state index is 12.1. The van der Waals surface area contributed by atoms with E-state index in [1.165, 1.54) is 30.6 Å². The molecular weight excluding hydrogens is 308 g/mol. The molecule has 0 amide bonds. The van der Waals surface area contributed by atoms with E-state index in [-0.39, 0.29) is 23.6 Å². The van der Waals surface area contributed by atoms with Crippen molar-refractivity contribution in [1.29, 1.82) is 0 Å². The quantitative estimate of drug-likeness (QED) is 0.461. The fourth-order valence-electron chi connectivity index (χ4n) is 1.76. The van der Waals surface area contributed by atoms with Crippen LogP contribution in [0.25, 0.3) is 0 Å². The van der Waals surface area contributed by atoms with Gasteiger partial charge >= 0.3 is 5.97 Å². The first kappa shape index (κ1) is 15.9. The number of nitro groups is 1. The second kappa shape index (κ2) is 6.99. The van der Waals surface area contributed by atoms with Crippen molar-refractivity contribution in [3.05, 3.63) is 50.0 Å². The average molecular weight is 322 g/mol. The summed E-state index contributed by atoms with van der Waals surface area (Å²) in [5.41, 5.74) is 0.469. The molecule has 1 heterocycles. The van der Waals surface area contributed by atoms with Gasteiger partial charge in [0.05, 0.1) is 22.7 Å². The third-order valence-electron chi connectivity index (χ3n) is 2.87. The van der Waals surface area contributed by atoms with Crippen LogP contribution in [0.2, 0.25) is 0 Å². The Morgan fingerprint density at radius 2 is 2.23 bits per heavy atom. The summed E-state index contributed by atoms with van der Waals surface area (Å²) in [6, 6.07) is 3.77. The molecule has 1 aromatic heterocycles. The highest BCUT2D eigenvalue weighted by molar-refractivity contribution is 7.09. The molecule has 0 fully saturated rings. The number of methoxy groups -OCH3 is 1. The van der Waals surface area contributed by atoms with Crippen LogP contribution < -0.4 is 4.74 Å². The van der Waals surface area contributed by atoms with Crippen LogP contribution in [0.4, 0.5) is 5.69 Å². The highest BCUT2D eigenvalue weighted by Gasteiger charge is 2.19. The van der Waals surface area contributed by atoms with E-state index in [0.29, 0.717) is 5.69 Å². The van der Waals surface area contributed by atoms with Gasteiger partial charge in [-0.15, -0.1) is 11.3 Å². The van der Waals surface area contributed by atoms with E-state index < -0.39 is 10.9 Å². The highest BCUT2D eigenvalue weighted by atomic mass is 32.1. The van der Waals surface area contributed by atoms with Crippen molar-refractivity contribution in [1.82, 2.24) is 4.98 Å². The molecule has 0 unspecified atom stereocenters. The van der Waals surface area contributed by atoms with E-state index in [9.17, 15) is 14.9 Å². The van der Waals surface area contributed by atoms with Gasteiger partial charge in [-0.1, -0.05) is 6.92 Å². The Balaban J connectivity index is 2.14. The van der Waals surface area contributed by atoms with Gasteiger partial charge in [0.25, 0.3) is 5.69 Å². The predicted octanol–water partition coefficient (Wildman–Crippen LogP) is 2.98. The molecule has 0 aliphatic rings. The molecule has 2 aromatic rings. The van der Waals surface area contributed by atoms with Crippen molar-refractivity contribution in [2.45, 2.75) is 20.0 Å². The molecule has 8 heteroatoms. The number of rotatable bonds is 6. The number of aryl methyl sites for hydroxylation is 1. The lowest BCUT2D eigenvalue weighted by Gasteiger charge is -2.07. The highest BCUT2D eigenvalue weighted by Crippen LogP contribution is 2.25. The van der Waals surface area contributed by atoms with Crippen molar-refractivity contribution < 1.29 is 19.2 Å². The van der Waals surface area contributed by atoms with Gasteiger partial charge in [0.15, 0.2) is 0 Å². The Labute approximate surface area is 130 Å². The molecule has 0 saturated heterocycles. The van der Waals surface area contributed by atoms with Crippen molar-refractivity contribution >= 4 is 23.0 Å². The fraction of sp³-hybridized carbons (Fsp3) is 0.286. The number of benzene rings is 1. The first-order chi connectivity index (χ1) is 10.5. The van der Waals surface area contributed by atoms with Gasteiger partial charge in [0.1, 0.15) is 17.9 Å². The van der Waals surface area contributed by atoms with Gasteiger partial charge in [0, 0.05) is 17.5 Å². The number of thiazole rings is 1. The summed E-state index contributed by atoms with van der Waals surface area (Å²) < 4.78 is 10.2. The van der Waals surface area contributed by atoms with Crippen LogP contribution in [0.3, 0.4) is 0 Å². The second-order valence-corrected chi connectivity index (χ2v) is 5.25. The predicted molar refractivity (Wildman–Crippen MR) is 80.3 cm³/mol. The van der Waals surface area contributed by atoms with Crippen LogP contribution >= 0.6 is 11.3 Å². The number of aromatic nitrogens is 1. The van der Waals surface area contributed by atoms with E-state index in [1.807, 2.05) is 12.3 Å². The Hall–Kier alpha value is -2.48. The average Bonchev–Trinajstić information content (AvgIpc) is 2.99. The third-order valence-corrected chi connectivity index (χ3v) is 3.91. The molecule has 22 heavy (non-hydrogen) atoms. The lowest BCUT2D eigenvalue weighted by atomic mass is 10.2. The van der Waals surface area contributed by atoms with E-state index in [1.54, 1.807) is 0 Å². The first-order valence-electron chi connectivity index (χ1n) is 6.48. The molecule has 2 rings (SSSR count). The number of nitrogens with zero attached hydrogens (tertiary/aromatic N) is 2. The molecule has 0 radical (unpaired) electrons. The Bertz CT molecular complexity index is 698. The van der Waals surface area contributed by atoms with E-state index in [0.717, 1.165) is 17.5 Å². The summed E-state index contributed by atoms with van der Waals surface area (Å²) in [6.07, 6.45) is 0.817. The molecule has 0 aliphatic carbocycles. The normalized spacial score (nSPS) is 10.3. The zero-order chi connectivity index (χ0) is 16.1. The van der Waals surface area contributed by atoms with Gasteiger partial charge in [-0.3, -0.25) is 10.1 Å². The molecule has 0 N–H and O–H groups in total. The number of carbonyl (C=O) groups is 1. The first-order valence-corrected chi connectivity index (χ1v) is 7.36. The summed E-state index contributed by atoms with van der Waals surface area (Å²) in [7, 11) is 1.38. The number of ether oxygens (including phenoxy) is 2. The Morgan fingerprint density at radius 1 is 1.45 bits per heavy atom. The van der Waals surface area contributed by atoms with E-state index in [4.69, 9.17) is 9.47 Å². The van der Waals surface area contributed by atoms with Crippen molar-refractivity contribution in [3.8, 4) is 5.75 Å². The SMILES string of the molecule is CCc1nc(COC(=O)c2cc([N+](=O)[O-])ccc2OC)cs1. The van der Waals surface area contributed by atoms with Crippen LogP contribution in [0, 0.1) is 10.1 Å². The number of hydrogen-bond acceptors (Lipinski definition) is 7. The minimum absolute atomic E-state index is 0.0151. The molecule has 1 aromatic carbocycles. The van der Waals surface area contributed by atoms with Crippen LogP contribution in [0.5, 0.6) is 5.75 Å². The van der Waals surface area contributed by atoms with Gasteiger partial charge in [-0.05, 0) is 12.5 Å². The molecule has 0 atom stereocenters.